The van der Waals surface area contributed by atoms with Gasteiger partial charge in [0.05, 0.1) is 9.58 Å². The van der Waals surface area contributed by atoms with E-state index in [2.05, 4.69) is 36.2 Å². The first-order valence-corrected chi connectivity index (χ1v) is 9.80. The van der Waals surface area contributed by atoms with E-state index < -0.39 is 5.97 Å². The number of hydrogen-bond acceptors (Lipinski definition) is 3. The summed E-state index contributed by atoms with van der Waals surface area (Å²) in [6.07, 6.45) is 9.80. The molecule has 2 aromatic heterocycles. The zero-order valence-electron chi connectivity index (χ0n) is 14.3. The van der Waals surface area contributed by atoms with E-state index >= 15 is 0 Å². The number of rotatable bonds is 6. The standard InChI is InChI=1S/C22H18O2S2/c1-3-6-15(16-8-5-9-18(13-16)21(23)24)12-17(7-4-2)20-14-19-10-11-25-22(19)26-20/h3-14H,1H2,2H3,(H,23,24)/b7-4-,15-6-,17-12+. The van der Waals surface area contributed by atoms with Crippen LogP contribution in [0.3, 0.4) is 0 Å². The van der Waals surface area contributed by atoms with E-state index in [9.17, 15) is 9.90 Å². The zero-order valence-corrected chi connectivity index (χ0v) is 15.9. The summed E-state index contributed by atoms with van der Waals surface area (Å²) in [6.45, 7) is 5.79. The highest BCUT2D eigenvalue weighted by Gasteiger charge is 2.09. The zero-order chi connectivity index (χ0) is 18.5. The number of hydrogen-bond donors (Lipinski definition) is 1. The Hall–Kier alpha value is -2.69. The van der Waals surface area contributed by atoms with Crippen LogP contribution in [0.5, 0.6) is 0 Å². The van der Waals surface area contributed by atoms with Gasteiger partial charge in [0, 0.05) is 10.3 Å². The monoisotopic (exact) mass is 378 g/mol. The smallest absolute Gasteiger partial charge is 0.335 e. The van der Waals surface area contributed by atoms with Crippen LogP contribution in [0.15, 0.2) is 78.7 Å². The van der Waals surface area contributed by atoms with Gasteiger partial charge in [-0.2, -0.15) is 0 Å². The molecule has 0 bridgehead atoms. The molecule has 1 aromatic carbocycles. The Morgan fingerprint density at radius 1 is 1.15 bits per heavy atom. The first kappa shape index (κ1) is 18.1. The number of fused-ring (bicyclic) bond motifs is 1. The van der Waals surface area contributed by atoms with E-state index in [-0.39, 0.29) is 5.56 Å². The van der Waals surface area contributed by atoms with Gasteiger partial charge in [-0.1, -0.05) is 43.0 Å². The lowest BCUT2D eigenvalue weighted by Crippen LogP contribution is -1.96. The van der Waals surface area contributed by atoms with Crippen molar-refractivity contribution in [3.05, 3.63) is 94.7 Å². The molecule has 0 atom stereocenters. The van der Waals surface area contributed by atoms with Gasteiger partial charge in [0.1, 0.15) is 0 Å². The minimum absolute atomic E-state index is 0.273. The number of carboxylic acid groups (broad SMARTS) is 1. The molecular formula is C22H18O2S2. The van der Waals surface area contributed by atoms with Crippen molar-refractivity contribution in [1.29, 1.82) is 0 Å². The predicted molar refractivity (Wildman–Crippen MR) is 114 cm³/mol. The summed E-state index contributed by atoms with van der Waals surface area (Å²) in [5.41, 5.74) is 3.14. The Morgan fingerprint density at radius 3 is 2.65 bits per heavy atom. The van der Waals surface area contributed by atoms with Crippen molar-refractivity contribution in [2.24, 2.45) is 0 Å². The maximum absolute atomic E-state index is 11.3. The summed E-state index contributed by atoms with van der Waals surface area (Å²) >= 11 is 3.51. The van der Waals surface area contributed by atoms with Gasteiger partial charge in [0.2, 0.25) is 0 Å². The van der Waals surface area contributed by atoms with Crippen molar-refractivity contribution < 1.29 is 9.90 Å². The second-order valence-corrected chi connectivity index (χ2v) is 7.84. The molecule has 1 N–H and O–H groups in total. The fourth-order valence-electron chi connectivity index (χ4n) is 2.64. The lowest BCUT2D eigenvalue weighted by atomic mass is 9.99. The Bertz CT molecular complexity index is 1020. The summed E-state index contributed by atoms with van der Waals surface area (Å²) in [5, 5.41) is 12.6. The van der Waals surface area contributed by atoms with Crippen LogP contribution in [-0.4, -0.2) is 11.1 Å². The highest BCUT2D eigenvalue weighted by Crippen LogP contribution is 2.36. The van der Waals surface area contributed by atoms with Gasteiger partial charge < -0.3 is 5.11 Å². The SMILES string of the molecule is C=C/C=C(/C=C(\C=C/C)c1cc2ccsc2s1)c1cccc(C(=O)O)c1. The van der Waals surface area contributed by atoms with E-state index in [1.807, 2.05) is 25.1 Å². The Kier molecular flexibility index (Phi) is 5.66. The van der Waals surface area contributed by atoms with E-state index in [1.165, 1.54) is 14.3 Å². The summed E-state index contributed by atoms with van der Waals surface area (Å²) in [7, 11) is 0. The maximum atomic E-state index is 11.3. The lowest BCUT2D eigenvalue weighted by molar-refractivity contribution is 0.0697. The van der Waals surface area contributed by atoms with Crippen molar-refractivity contribution in [2.45, 2.75) is 6.92 Å². The average molecular weight is 379 g/mol. The molecule has 3 aromatic rings. The molecule has 0 amide bonds. The third-order valence-electron chi connectivity index (χ3n) is 3.83. The van der Waals surface area contributed by atoms with Crippen LogP contribution in [0.4, 0.5) is 0 Å². The highest BCUT2D eigenvalue weighted by atomic mass is 32.2. The molecule has 0 radical (unpaired) electrons. The molecule has 0 aliphatic heterocycles. The Labute approximate surface area is 160 Å². The van der Waals surface area contributed by atoms with Crippen molar-refractivity contribution in [2.75, 3.05) is 0 Å². The minimum Gasteiger partial charge on any atom is -0.478 e. The van der Waals surface area contributed by atoms with E-state index in [0.717, 1.165) is 16.7 Å². The van der Waals surface area contributed by atoms with Gasteiger partial charge in [-0.15, -0.1) is 22.7 Å². The molecule has 0 aliphatic carbocycles. The molecule has 0 aliphatic rings. The fraction of sp³-hybridized carbons (Fsp3) is 0.0455. The Balaban J connectivity index is 2.09. The van der Waals surface area contributed by atoms with E-state index in [0.29, 0.717) is 0 Å². The largest absolute Gasteiger partial charge is 0.478 e. The van der Waals surface area contributed by atoms with Crippen molar-refractivity contribution in [3.8, 4) is 0 Å². The second-order valence-electron chi connectivity index (χ2n) is 5.62. The molecular weight excluding hydrogens is 360 g/mol. The second kappa shape index (κ2) is 8.13. The van der Waals surface area contributed by atoms with Gasteiger partial charge in [-0.05, 0) is 59.4 Å². The van der Waals surface area contributed by atoms with Crippen molar-refractivity contribution >= 4 is 49.2 Å². The van der Waals surface area contributed by atoms with Gasteiger partial charge in [-0.25, -0.2) is 4.79 Å². The Morgan fingerprint density at radius 2 is 1.96 bits per heavy atom. The number of carbonyl (C=O) groups is 1. The van der Waals surface area contributed by atoms with Gasteiger partial charge >= 0.3 is 5.97 Å². The van der Waals surface area contributed by atoms with Crippen LogP contribution in [0.1, 0.15) is 27.7 Å². The molecule has 26 heavy (non-hydrogen) atoms. The quantitative estimate of drug-likeness (QED) is 0.474. The van der Waals surface area contributed by atoms with Crippen LogP contribution in [-0.2, 0) is 0 Å². The minimum atomic E-state index is -0.930. The summed E-state index contributed by atoms with van der Waals surface area (Å²) < 4.78 is 1.30. The average Bonchev–Trinajstić information content (AvgIpc) is 3.22. The van der Waals surface area contributed by atoms with Crippen LogP contribution >= 0.6 is 22.7 Å². The first-order valence-electron chi connectivity index (χ1n) is 8.10. The first-order chi connectivity index (χ1) is 12.6. The predicted octanol–water partition coefficient (Wildman–Crippen LogP) is 6.89. The molecule has 0 spiro atoms. The van der Waals surface area contributed by atoms with E-state index in [4.69, 9.17) is 0 Å². The number of benzene rings is 1. The van der Waals surface area contributed by atoms with Gasteiger partial charge in [0.15, 0.2) is 0 Å². The summed E-state index contributed by atoms with van der Waals surface area (Å²) in [4.78, 5) is 12.5. The fourth-order valence-corrected chi connectivity index (χ4v) is 4.75. The molecule has 130 valence electrons. The van der Waals surface area contributed by atoms with Crippen LogP contribution in [0.25, 0.3) is 20.5 Å². The van der Waals surface area contributed by atoms with Crippen molar-refractivity contribution in [1.82, 2.24) is 0 Å². The number of thiophene rings is 2. The number of allylic oxidation sites excluding steroid dienone is 7. The van der Waals surface area contributed by atoms with Crippen molar-refractivity contribution in [3.63, 3.8) is 0 Å². The third kappa shape index (κ3) is 3.93. The molecule has 3 rings (SSSR count). The molecule has 2 heterocycles. The highest BCUT2D eigenvalue weighted by molar-refractivity contribution is 7.38. The van der Waals surface area contributed by atoms with Gasteiger partial charge in [-0.3, -0.25) is 0 Å². The van der Waals surface area contributed by atoms with Crippen LogP contribution in [0, 0.1) is 0 Å². The molecule has 2 nitrogen and oxygen atoms in total. The molecule has 0 saturated carbocycles. The summed E-state index contributed by atoms with van der Waals surface area (Å²) in [6, 6.07) is 11.3. The van der Waals surface area contributed by atoms with Gasteiger partial charge in [0.25, 0.3) is 0 Å². The van der Waals surface area contributed by atoms with E-state index in [1.54, 1.807) is 46.9 Å². The topological polar surface area (TPSA) is 37.3 Å². The lowest BCUT2D eigenvalue weighted by Gasteiger charge is -2.06. The van der Waals surface area contributed by atoms with Crippen LogP contribution < -0.4 is 0 Å². The number of carboxylic acids is 1. The molecule has 0 fully saturated rings. The maximum Gasteiger partial charge on any atom is 0.335 e. The molecule has 0 saturated heterocycles. The van der Waals surface area contributed by atoms with Crippen LogP contribution in [0.2, 0.25) is 0 Å². The normalized spacial score (nSPS) is 12.8. The molecule has 0 unspecified atom stereocenters. The number of aromatic carboxylic acids is 1. The summed E-state index contributed by atoms with van der Waals surface area (Å²) in [5.74, 6) is -0.930. The molecule has 4 heteroatoms. The third-order valence-corrected chi connectivity index (χ3v) is 6.08.